The minimum atomic E-state index is -4.11. The SMILES string of the molecule is CS(=O)(=O)c1cnc(OC2CCC(OC3CCN(CC4(C(F)(F)F)CCC4)CC3)CC2)cn1. The lowest BCUT2D eigenvalue weighted by atomic mass is 9.67. The van der Waals surface area contributed by atoms with E-state index in [9.17, 15) is 21.6 Å². The highest BCUT2D eigenvalue weighted by atomic mass is 32.2. The first kappa shape index (κ1) is 24.7. The summed E-state index contributed by atoms with van der Waals surface area (Å²) < 4.78 is 75.4. The average Bonchev–Trinajstić information content (AvgIpc) is 2.72. The van der Waals surface area contributed by atoms with Crippen LogP contribution in [-0.2, 0) is 14.6 Å². The van der Waals surface area contributed by atoms with Crippen molar-refractivity contribution in [2.45, 2.75) is 87.3 Å². The zero-order valence-corrected chi connectivity index (χ0v) is 19.7. The molecular formula is C22H32F3N3O4S. The molecule has 2 heterocycles. The lowest BCUT2D eigenvalue weighted by molar-refractivity contribution is -0.257. The number of ether oxygens (including phenoxy) is 2. The summed E-state index contributed by atoms with van der Waals surface area (Å²) in [6.45, 7) is 1.44. The predicted molar refractivity (Wildman–Crippen MR) is 115 cm³/mol. The fraction of sp³-hybridized carbons (Fsp3) is 0.818. The minimum Gasteiger partial charge on any atom is -0.473 e. The van der Waals surface area contributed by atoms with Crippen molar-refractivity contribution in [1.82, 2.24) is 14.9 Å². The van der Waals surface area contributed by atoms with E-state index in [1.807, 2.05) is 4.90 Å². The van der Waals surface area contributed by atoms with Gasteiger partial charge in [-0.15, -0.1) is 0 Å². The van der Waals surface area contributed by atoms with Crippen LogP contribution in [0.5, 0.6) is 5.88 Å². The van der Waals surface area contributed by atoms with Gasteiger partial charge >= 0.3 is 6.18 Å². The minimum absolute atomic E-state index is 0.0221. The largest absolute Gasteiger partial charge is 0.473 e. The molecule has 0 spiro atoms. The lowest BCUT2D eigenvalue weighted by Gasteiger charge is -2.47. The maximum Gasteiger partial charge on any atom is 0.395 e. The molecule has 1 aromatic rings. The van der Waals surface area contributed by atoms with Crippen LogP contribution in [0.2, 0.25) is 0 Å². The smallest absolute Gasteiger partial charge is 0.395 e. The Morgan fingerprint density at radius 3 is 2.09 bits per heavy atom. The molecule has 1 aliphatic heterocycles. The first-order valence-electron chi connectivity index (χ1n) is 11.7. The van der Waals surface area contributed by atoms with Crippen LogP contribution in [0.4, 0.5) is 13.2 Å². The third kappa shape index (κ3) is 5.97. The monoisotopic (exact) mass is 491 g/mol. The fourth-order valence-corrected chi connectivity index (χ4v) is 5.54. The van der Waals surface area contributed by atoms with E-state index >= 15 is 0 Å². The number of nitrogens with zero attached hydrogens (tertiary/aromatic N) is 3. The van der Waals surface area contributed by atoms with Gasteiger partial charge in [-0.3, -0.25) is 0 Å². The third-order valence-corrected chi connectivity index (χ3v) is 8.22. The van der Waals surface area contributed by atoms with E-state index in [0.717, 1.165) is 44.8 Å². The van der Waals surface area contributed by atoms with Crippen molar-refractivity contribution in [3.63, 3.8) is 0 Å². The first-order valence-corrected chi connectivity index (χ1v) is 13.6. The van der Waals surface area contributed by atoms with Gasteiger partial charge in [-0.05, 0) is 51.4 Å². The summed E-state index contributed by atoms with van der Waals surface area (Å²) in [7, 11) is -3.39. The van der Waals surface area contributed by atoms with Crippen LogP contribution in [0.3, 0.4) is 0 Å². The molecule has 0 aromatic carbocycles. The van der Waals surface area contributed by atoms with Gasteiger partial charge in [-0.2, -0.15) is 13.2 Å². The second kappa shape index (κ2) is 9.65. The number of alkyl halides is 3. The van der Waals surface area contributed by atoms with E-state index in [4.69, 9.17) is 9.47 Å². The molecule has 3 fully saturated rings. The quantitative estimate of drug-likeness (QED) is 0.574. The van der Waals surface area contributed by atoms with Crippen molar-refractivity contribution in [3.8, 4) is 5.88 Å². The van der Waals surface area contributed by atoms with Crippen molar-refractivity contribution in [2.24, 2.45) is 5.41 Å². The van der Waals surface area contributed by atoms with Crippen LogP contribution >= 0.6 is 0 Å². The second-order valence-corrected chi connectivity index (χ2v) is 11.7. The van der Waals surface area contributed by atoms with E-state index < -0.39 is 21.4 Å². The summed E-state index contributed by atoms with van der Waals surface area (Å²) in [6.07, 6.45) is 5.72. The van der Waals surface area contributed by atoms with Crippen molar-refractivity contribution < 1.29 is 31.1 Å². The van der Waals surface area contributed by atoms with Crippen LogP contribution in [-0.4, -0.2) is 73.7 Å². The molecule has 0 atom stereocenters. The van der Waals surface area contributed by atoms with Crippen LogP contribution in [0.25, 0.3) is 0 Å². The Hall–Kier alpha value is -1.46. The molecule has 2 aliphatic carbocycles. The topological polar surface area (TPSA) is 81.6 Å². The number of hydrogen-bond donors (Lipinski definition) is 0. The van der Waals surface area contributed by atoms with E-state index in [2.05, 4.69) is 9.97 Å². The highest BCUT2D eigenvalue weighted by Gasteiger charge is 2.58. The summed E-state index contributed by atoms with van der Waals surface area (Å²) in [5, 5.41) is -0.0840. The Kier molecular flexibility index (Phi) is 7.21. The molecule has 3 aliphatic rings. The second-order valence-electron chi connectivity index (χ2n) is 9.72. The number of rotatable bonds is 7. The molecule has 7 nitrogen and oxygen atoms in total. The number of aromatic nitrogens is 2. The van der Waals surface area contributed by atoms with Crippen molar-refractivity contribution in [1.29, 1.82) is 0 Å². The lowest BCUT2D eigenvalue weighted by Crippen LogP contribution is -2.53. The van der Waals surface area contributed by atoms with Gasteiger partial charge in [0.2, 0.25) is 5.88 Å². The molecule has 0 amide bonds. The molecule has 0 radical (unpaired) electrons. The average molecular weight is 492 g/mol. The predicted octanol–water partition coefficient (Wildman–Crippen LogP) is 3.78. The van der Waals surface area contributed by atoms with Gasteiger partial charge in [-0.25, -0.2) is 18.4 Å². The Labute approximate surface area is 193 Å². The number of halogens is 3. The zero-order valence-electron chi connectivity index (χ0n) is 18.9. The number of hydrogen-bond acceptors (Lipinski definition) is 7. The molecule has 0 bridgehead atoms. The van der Waals surface area contributed by atoms with Gasteiger partial charge < -0.3 is 14.4 Å². The van der Waals surface area contributed by atoms with Gasteiger partial charge in [0, 0.05) is 25.9 Å². The first-order chi connectivity index (χ1) is 15.5. The summed E-state index contributed by atoms with van der Waals surface area (Å²) in [5.74, 6) is 0.308. The maximum atomic E-state index is 13.4. The van der Waals surface area contributed by atoms with Crippen LogP contribution < -0.4 is 4.74 Å². The molecule has 4 rings (SSSR count). The molecule has 0 N–H and O–H groups in total. The van der Waals surface area contributed by atoms with Gasteiger partial charge in [0.1, 0.15) is 6.10 Å². The Morgan fingerprint density at radius 2 is 1.61 bits per heavy atom. The Bertz CT molecular complexity index is 890. The van der Waals surface area contributed by atoms with Gasteiger partial charge in [0.15, 0.2) is 14.9 Å². The van der Waals surface area contributed by atoms with Gasteiger partial charge in [0.05, 0.1) is 30.0 Å². The molecular weight excluding hydrogens is 459 g/mol. The van der Waals surface area contributed by atoms with Crippen molar-refractivity contribution in [3.05, 3.63) is 12.4 Å². The van der Waals surface area contributed by atoms with Gasteiger partial charge in [0.25, 0.3) is 0 Å². The van der Waals surface area contributed by atoms with Crippen LogP contribution in [0, 0.1) is 5.41 Å². The molecule has 0 unspecified atom stereocenters. The van der Waals surface area contributed by atoms with Crippen molar-refractivity contribution >= 4 is 9.84 Å². The van der Waals surface area contributed by atoms with E-state index in [1.165, 1.54) is 12.4 Å². The van der Waals surface area contributed by atoms with Crippen LogP contribution in [0.15, 0.2) is 17.4 Å². The number of likely N-dealkylation sites (tertiary alicyclic amines) is 1. The molecule has 33 heavy (non-hydrogen) atoms. The normalized spacial score (nSPS) is 27.2. The highest BCUT2D eigenvalue weighted by molar-refractivity contribution is 7.90. The summed E-state index contributed by atoms with van der Waals surface area (Å²) in [4.78, 5) is 9.90. The Balaban J connectivity index is 1.17. The van der Waals surface area contributed by atoms with E-state index in [-0.39, 0.29) is 42.7 Å². The molecule has 1 aromatic heterocycles. The summed E-state index contributed by atoms with van der Waals surface area (Å²) in [5.41, 5.74) is -1.49. The van der Waals surface area contributed by atoms with Crippen LogP contribution in [0.1, 0.15) is 57.8 Å². The van der Waals surface area contributed by atoms with E-state index in [0.29, 0.717) is 25.4 Å². The number of sulfone groups is 1. The zero-order chi connectivity index (χ0) is 23.7. The van der Waals surface area contributed by atoms with Crippen molar-refractivity contribution in [2.75, 3.05) is 25.9 Å². The summed E-state index contributed by atoms with van der Waals surface area (Å²) in [6, 6.07) is 0. The molecule has 1 saturated heterocycles. The van der Waals surface area contributed by atoms with Gasteiger partial charge in [-0.1, -0.05) is 6.42 Å². The maximum absolute atomic E-state index is 13.4. The molecule has 186 valence electrons. The third-order valence-electron chi connectivity index (χ3n) is 7.25. The van der Waals surface area contributed by atoms with E-state index in [1.54, 1.807) is 0 Å². The highest BCUT2D eigenvalue weighted by Crippen LogP contribution is 2.53. The number of piperidine rings is 1. The molecule has 2 saturated carbocycles. The Morgan fingerprint density at radius 1 is 1.00 bits per heavy atom. The summed E-state index contributed by atoms with van der Waals surface area (Å²) >= 11 is 0. The molecule has 11 heteroatoms. The standard InChI is InChI=1S/C22H32F3N3O4S/c1-33(29,30)20-14-26-19(13-27-20)32-17-5-3-16(4-6-17)31-18-7-11-28(12-8-18)15-21(9-2-10-21)22(23,24)25/h13-14,16-18H,2-12,15H2,1H3. The fourth-order valence-electron chi connectivity index (χ4n) is 5.05.